The van der Waals surface area contributed by atoms with Crippen LogP contribution < -0.4 is 0 Å². The Morgan fingerprint density at radius 3 is 2.19 bits per heavy atom. The zero-order valence-corrected chi connectivity index (χ0v) is 9.45. The third-order valence-electron chi connectivity index (χ3n) is 1.86. The number of hydrogen-bond acceptors (Lipinski definition) is 2. The minimum Gasteiger partial charge on any atom is -0.471 e. The van der Waals surface area contributed by atoms with Crippen molar-refractivity contribution in [2.24, 2.45) is 0 Å². The quantitative estimate of drug-likeness (QED) is 0.741. The van der Waals surface area contributed by atoms with E-state index in [4.69, 9.17) is 4.79 Å². The Bertz CT molecular complexity index is 286. The van der Waals surface area contributed by atoms with Gasteiger partial charge in [0.25, 0.3) is 12.4 Å². The molecule has 16 heavy (non-hydrogen) atoms. The van der Waals surface area contributed by atoms with E-state index in [2.05, 4.69) is 4.74 Å². The lowest BCUT2D eigenvalue weighted by atomic mass is 10.0. The minimum absolute atomic E-state index is 0.0724. The summed E-state index contributed by atoms with van der Waals surface area (Å²) in [6.45, 7) is 2.14. The van der Waals surface area contributed by atoms with Crippen LogP contribution in [0.3, 0.4) is 0 Å². The van der Waals surface area contributed by atoms with Gasteiger partial charge in [0.1, 0.15) is 0 Å². The van der Waals surface area contributed by atoms with E-state index >= 15 is 0 Å². The van der Waals surface area contributed by atoms with E-state index in [1.165, 1.54) is 19.2 Å². The van der Waals surface area contributed by atoms with Crippen molar-refractivity contribution in [1.29, 1.82) is 0 Å². The summed E-state index contributed by atoms with van der Waals surface area (Å²) >= 11 is 0. The first kappa shape index (κ1) is 14.6. The van der Waals surface area contributed by atoms with Gasteiger partial charge in [-0.25, -0.2) is 8.78 Å². The molecular formula is C12H16F2O2. The summed E-state index contributed by atoms with van der Waals surface area (Å²) in [5.41, 5.74) is 0.117. The molecule has 4 heteroatoms. The summed E-state index contributed by atoms with van der Waals surface area (Å²) in [5.74, 6) is -2.66. The van der Waals surface area contributed by atoms with Gasteiger partial charge in [0.05, 0.1) is 7.11 Å². The molecule has 0 spiro atoms. The standard InChI is InChI=1S/C10H12F2.C2H4O2/c1-2-8-10(11,12)9-6-4-3-5-7-9;1-4-2-3/h3-7H,2,8H2,1H3;2H,1H3. The highest BCUT2D eigenvalue weighted by molar-refractivity contribution is 5.36. The fourth-order valence-electron chi connectivity index (χ4n) is 1.14. The lowest BCUT2D eigenvalue weighted by Gasteiger charge is -2.14. The number of methoxy groups -OCH3 is 1. The second-order valence-electron chi connectivity index (χ2n) is 3.15. The van der Waals surface area contributed by atoms with Crippen LogP contribution in [0, 0.1) is 0 Å². The zero-order valence-electron chi connectivity index (χ0n) is 9.45. The summed E-state index contributed by atoms with van der Waals surface area (Å²) in [6.07, 6.45) is 0.429. The molecule has 0 aliphatic heterocycles. The number of hydrogen-bond donors (Lipinski definition) is 0. The molecule has 0 saturated heterocycles. The van der Waals surface area contributed by atoms with Gasteiger partial charge >= 0.3 is 0 Å². The van der Waals surface area contributed by atoms with Crippen LogP contribution in [0.1, 0.15) is 25.3 Å². The van der Waals surface area contributed by atoms with Crippen molar-refractivity contribution >= 4 is 6.47 Å². The van der Waals surface area contributed by atoms with Gasteiger partial charge in [0.15, 0.2) is 0 Å². The highest BCUT2D eigenvalue weighted by Gasteiger charge is 2.29. The maximum Gasteiger partial charge on any atom is 0.292 e. The van der Waals surface area contributed by atoms with Crippen molar-refractivity contribution < 1.29 is 18.3 Å². The molecule has 0 atom stereocenters. The first-order valence-corrected chi connectivity index (χ1v) is 4.98. The average molecular weight is 230 g/mol. The van der Waals surface area contributed by atoms with Gasteiger partial charge in [-0.1, -0.05) is 43.7 Å². The number of carbonyl (C=O) groups is 1. The van der Waals surface area contributed by atoms with Gasteiger partial charge in [-0.05, 0) is 0 Å². The van der Waals surface area contributed by atoms with Crippen molar-refractivity contribution in [2.75, 3.05) is 7.11 Å². The third kappa shape index (κ3) is 5.44. The van der Waals surface area contributed by atoms with Crippen LogP contribution >= 0.6 is 0 Å². The van der Waals surface area contributed by atoms with Crippen LogP contribution in [-0.2, 0) is 15.5 Å². The predicted molar refractivity (Wildman–Crippen MR) is 58.3 cm³/mol. The van der Waals surface area contributed by atoms with Crippen LogP contribution in [-0.4, -0.2) is 13.6 Å². The average Bonchev–Trinajstić information content (AvgIpc) is 2.30. The van der Waals surface area contributed by atoms with E-state index in [0.717, 1.165) is 0 Å². The number of halogens is 2. The molecule has 0 amide bonds. The first-order valence-electron chi connectivity index (χ1n) is 4.98. The van der Waals surface area contributed by atoms with Crippen LogP contribution in [0.5, 0.6) is 0 Å². The van der Waals surface area contributed by atoms with Gasteiger partial charge < -0.3 is 4.74 Å². The largest absolute Gasteiger partial charge is 0.471 e. The Hall–Kier alpha value is -1.45. The lowest BCUT2D eigenvalue weighted by molar-refractivity contribution is -0.126. The fourth-order valence-corrected chi connectivity index (χ4v) is 1.14. The summed E-state index contributed by atoms with van der Waals surface area (Å²) < 4.78 is 30.2. The molecule has 1 aromatic rings. The van der Waals surface area contributed by atoms with Crippen molar-refractivity contribution in [3.8, 4) is 0 Å². The molecule has 90 valence electrons. The smallest absolute Gasteiger partial charge is 0.292 e. The Labute approximate surface area is 94.2 Å². The molecule has 2 nitrogen and oxygen atoms in total. The fraction of sp³-hybridized carbons (Fsp3) is 0.417. The van der Waals surface area contributed by atoms with E-state index in [-0.39, 0.29) is 12.0 Å². The first-order chi connectivity index (χ1) is 7.58. The normalized spacial score (nSPS) is 10.0. The topological polar surface area (TPSA) is 26.3 Å². The van der Waals surface area contributed by atoms with Crippen LogP contribution in [0.4, 0.5) is 8.78 Å². The molecular weight excluding hydrogens is 214 g/mol. The number of rotatable bonds is 4. The Kier molecular flexibility index (Phi) is 7.09. The highest BCUT2D eigenvalue weighted by Crippen LogP contribution is 2.32. The Balaban J connectivity index is 0.000000487. The molecule has 0 unspecified atom stereocenters. The molecule has 0 radical (unpaired) electrons. The molecule has 0 aliphatic rings. The lowest BCUT2D eigenvalue weighted by Crippen LogP contribution is -2.12. The van der Waals surface area contributed by atoms with Gasteiger partial charge in [0, 0.05) is 12.0 Å². The summed E-state index contributed by atoms with van der Waals surface area (Å²) in [5, 5.41) is 0. The van der Waals surface area contributed by atoms with E-state index < -0.39 is 5.92 Å². The van der Waals surface area contributed by atoms with Gasteiger partial charge in [-0.15, -0.1) is 0 Å². The molecule has 0 aliphatic carbocycles. The van der Waals surface area contributed by atoms with Crippen LogP contribution in [0.25, 0.3) is 0 Å². The Morgan fingerprint density at radius 1 is 1.31 bits per heavy atom. The summed E-state index contributed by atoms with van der Waals surface area (Å²) in [7, 11) is 1.31. The number of benzene rings is 1. The van der Waals surface area contributed by atoms with Crippen LogP contribution in [0.2, 0.25) is 0 Å². The predicted octanol–water partition coefficient (Wildman–Crippen LogP) is 3.37. The maximum atomic E-state index is 13.2. The molecule has 0 heterocycles. The van der Waals surface area contributed by atoms with Gasteiger partial charge in [0.2, 0.25) is 0 Å². The molecule has 0 bridgehead atoms. The second kappa shape index (κ2) is 7.79. The molecule has 0 fully saturated rings. The second-order valence-corrected chi connectivity index (χ2v) is 3.15. The van der Waals surface area contributed by atoms with Crippen molar-refractivity contribution in [2.45, 2.75) is 25.7 Å². The molecule has 1 aromatic carbocycles. The molecule has 1 rings (SSSR count). The van der Waals surface area contributed by atoms with E-state index in [0.29, 0.717) is 12.9 Å². The van der Waals surface area contributed by atoms with E-state index in [1.807, 2.05) is 0 Å². The maximum absolute atomic E-state index is 13.2. The molecule has 0 aromatic heterocycles. The number of carbonyl (C=O) groups excluding carboxylic acids is 1. The number of ether oxygens (including phenoxy) is 1. The van der Waals surface area contributed by atoms with Crippen molar-refractivity contribution in [1.82, 2.24) is 0 Å². The Morgan fingerprint density at radius 2 is 1.81 bits per heavy atom. The van der Waals surface area contributed by atoms with Gasteiger partial charge in [-0.3, -0.25) is 4.79 Å². The number of alkyl halides is 2. The SMILES string of the molecule is CCCC(F)(F)c1ccccc1.COC=O. The van der Waals surface area contributed by atoms with E-state index in [9.17, 15) is 8.78 Å². The minimum atomic E-state index is -2.66. The monoisotopic (exact) mass is 230 g/mol. The third-order valence-corrected chi connectivity index (χ3v) is 1.86. The molecule has 0 saturated carbocycles. The summed E-state index contributed by atoms with van der Waals surface area (Å²) in [4.78, 5) is 8.95. The van der Waals surface area contributed by atoms with E-state index in [1.54, 1.807) is 25.1 Å². The highest BCUT2D eigenvalue weighted by atomic mass is 19.3. The van der Waals surface area contributed by atoms with Crippen LogP contribution in [0.15, 0.2) is 30.3 Å². The van der Waals surface area contributed by atoms with Crippen molar-refractivity contribution in [3.63, 3.8) is 0 Å². The van der Waals surface area contributed by atoms with Gasteiger partial charge in [-0.2, -0.15) is 0 Å². The van der Waals surface area contributed by atoms with Crippen molar-refractivity contribution in [3.05, 3.63) is 35.9 Å². The summed E-state index contributed by atoms with van der Waals surface area (Å²) in [6, 6.07) is 7.95. The molecule has 0 N–H and O–H groups in total. The zero-order chi connectivity index (χ0) is 12.4.